The van der Waals surface area contributed by atoms with Crippen molar-refractivity contribution in [3.05, 3.63) is 139 Å². The highest BCUT2D eigenvalue weighted by molar-refractivity contribution is 5.50. The summed E-state index contributed by atoms with van der Waals surface area (Å²) >= 11 is 0. The van der Waals surface area contributed by atoms with E-state index in [1.165, 1.54) is 16.7 Å². The minimum atomic E-state index is -0.490. The molecule has 0 amide bonds. The fraction of sp³-hybridized carbons (Fsp3) is 0.0800. The van der Waals surface area contributed by atoms with Crippen molar-refractivity contribution in [1.29, 1.82) is 0 Å². The molecule has 0 saturated heterocycles. The quantitative estimate of drug-likeness (QED) is 0.334. The predicted octanol–water partition coefficient (Wildman–Crippen LogP) is 5.45. The smallest absolute Gasteiger partial charge is 0.121 e. The highest BCUT2D eigenvalue weighted by atomic mass is 15.1. The first-order valence-corrected chi connectivity index (χ1v) is 9.16. The summed E-state index contributed by atoms with van der Waals surface area (Å²) in [6, 6.07) is 31.9. The maximum atomic E-state index is 4.64. The molecule has 4 aromatic rings. The second-order valence-electron chi connectivity index (χ2n) is 6.57. The van der Waals surface area contributed by atoms with Gasteiger partial charge in [-0.05, 0) is 16.7 Å². The molecule has 2 heteroatoms. The van der Waals surface area contributed by atoms with Crippen LogP contribution in [-0.4, -0.2) is 9.55 Å². The van der Waals surface area contributed by atoms with Gasteiger partial charge in [0, 0.05) is 12.6 Å². The Morgan fingerprint density at radius 2 is 1.19 bits per heavy atom. The average Bonchev–Trinajstić information content (AvgIpc) is 3.20. The van der Waals surface area contributed by atoms with Gasteiger partial charge in [0.05, 0.1) is 12.0 Å². The normalized spacial score (nSPS) is 11.3. The van der Waals surface area contributed by atoms with Crippen LogP contribution in [0.4, 0.5) is 0 Å². The number of allylic oxidation sites excluding steroid dienone is 1. The van der Waals surface area contributed by atoms with Crippen molar-refractivity contribution in [2.75, 3.05) is 0 Å². The SMILES string of the molecule is C=CCc1cn(C(c2ccccc2)(c2ccccc2)c2ccccc2)cn1. The summed E-state index contributed by atoms with van der Waals surface area (Å²) in [5, 5.41) is 0. The molecule has 0 fully saturated rings. The Labute approximate surface area is 160 Å². The number of hydrogen-bond acceptors (Lipinski definition) is 1. The molecule has 132 valence electrons. The largest absolute Gasteiger partial charge is 0.319 e. The molecule has 0 aliphatic heterocycles. The van der Waals surface area contributed by atoms with Crippen LogP contribution in [0.3, 0.4) is 0 Å². The van der Waals surface area contributed by atoms with Gasteiger partial charge in [0.15, 0.2) is 0 Å². The summed E-state index contributed by atoms with van der Waals surface area (Å²) in [6.07, 6.45) is 6.71. The molecular weight excluding hydrogens is 328 g/mol. The lowest BCUT2D eigenvalue weighted by Gasteiger charge is -2.37. The molecule has 2 nitrogen and oxygen atoms in total. The number of nitrogens with zero attached hydrogens (tertiary/aromatic N) is 2. The van der Waals surface area contributed by atoms with Gasteiger partial charge in [-0.25, -0.2) is 4.98 Å². The number of hydrogen-bond donors (Lipinski definition) is 0. The molecule has 0 bridgehead atoms. The van der Waals surface area contributed by atoms with Crippen LogP contribution in [0.2, 0.25) is 0 Å². The number of imidazole rings is 1. The van der Waals surface area contributed by atoms with Gasteiger partial charge in [0.2, 0.25) is 0 Å². The Morgan fingerprint density at radius 3 is 1.59 bits per heavy atom. The van der Waals surface area contributed by atoms with Crippen molar-refractivity contribution in [3.63, 3.8) is 0 Å². The summed E-state index contributed by atoms with van der Waals surface area (Å²) in [5.41, 5.74) is 4.12. The maximum absolute atomic E-state index is 4.64. The van der Waals surface area contributed by atoms with Gasteiger partial charge in [-0.2, -0.15) is 0 Å². The minimum absolute atomic E-state index is 0.490. The zero-order valence-corrected chi connectivity index (χ0v) is 15.2. The Kier molecular flexibility index (Phi) is 4.71. The van der Waals surface area contributed by atoms with E-state index in [0.29, 0.717) is 0 Å². The summed E-state index contributed by atoms with van der Waals surface area (Å²) in [7, 11) is 0. The highest BCUT2D eigenvalue weighted by Gasteiger charge is 2.38. The lowest BCUT2D eigenvalue weighted by molar-refractivity contribution is 0.514. The number of aromatic nitrogens is 2. The minimum Gasteiger partial charge on any atom is -0.319 e. The van der Waals surface area contributed by atoms with Crippen LogP contribution in [0, 0.1) is 0 Å². The Hall–Kier alpha value is -3.39. The van der Waals surface area contributed by atoms with Crippen molar-refractivity contribution in [3.8, 4) is 0 Å². The van der Waals surface area contributed by atoms with Crippen LogP contribution in [0.1, 0.15) is 22.4 Å². The van der Waals surface area contributed by atoms with E-state index < -0.39 is 5.54 Å². The standard InChI is InChI=1S/C25H22N2/c1-2-12-24-19-27(20-26-24)25(21-13-6-3-7-14-21,22-15-8-4-9-16-22)23-17-10-5-11-18-23/h2-11,13-20H,1,12H2. The molecule has 1 heterocycles. The van der Waals surface area contributed by atoms with E-state index in [9.17, 15) is 0 Å². The molecule has 0 aliphatic carbocycles. The van der Waals surface area contributed by atoms with E-state index in [-0.39, 0.29) is 0 Å². The van der Waals surface area contributed by atoms with Gasteiger partial charge in [0.1, 0.15) is 5.54 Å². The molecule has 3 aromatic carbocycles. The predicted molar refractivity (Wildman–Crippen MR) is 111 cm³/mol. The number of benzene rings is 3. The zero-order valence-electron chi connectivity index (χ0n) is 15.2. The lowest BCUT2D eigenvalue weighted by atomic mass is 9.77. The summed E-state index contributed by atoms with van der Waals surface area (Å²) in [5.74, 6) is 0. The molecule has 0 saturated carbocycles. The van der Waals surface area contributed by atoms with Crippen LogP contribution in [0.15, 0.2) is 116 Å². The third kappa shape index (κ3) is 3.00. The van der Waals surface area contributed by atoms with E-state index in [0.717, 1.165) is 12.1 Å². The van der Waals surface area contributed by atoms with Crippen LogP contribution in [0.25, 0.3) is 0 Å². The summed E-state index contributed by atoms with van der Waals surface area (Å²) in [6.45, 7) is 3.85. The van der Waals surface area contributed by atoms with Crippen LogP contribution < -0.4 is 0 Å². The second-order valence-corrected chi connectivity index (χ2v) is 6.57. The van der Waals surface area contributed by atoms with Crippen molar-refractivity contribution in [2.45, 2.75) is 12.0 Å². The highest BCUT2D eigenvalue weighted by Crippen LogP contribution is 2.40. The molecule has 1 aromatic heterocycles. The van der Waals surface area contributed by atoms with Gasteiger partial charge >= 0.3 is 0 Å². The van der Waals surface area contributed by atoms with Gasteiger partial charge in [0.25, 0.3) is 0 Å². The fourth-order valence-electron chi connectivity index (χ4n) is 3.79. The van der Waals surface area contributed by atoms with Gasteiger partial charge in [-0.3, -0.25) is 0 Å². The first-order valence-electron chi connectivity index (χ1n) is 9.16. The van der Waals surface area contributed by atoms with Crippen LogP contribution in [0.5, 0.6) is 0 Å². The molecule has 0 N–H and O–H groups in total. The molecule has 0 unspecified atom stereocenters. The molecule has 4 rings (SSSR count). The molecule has 27 heavy (non-hydrogen) atoms. The first kappa shape index (κ1) is 17.0. The van der Waals surface area contributed by atoms with E-state index in [1.54, 1.807) is 0 Å². The average molecular weight is 350 g/mol. The van der Waals surface area contributed by atoms with Gasteiger partial charge in [-0.15, -0.1) is 6.58 Å². The third-order valence-electron chi connectivity index (χ3n) is 4.95. The summed E-state index contributed by atoms with van der Waals surface area (Å²) < 4.78 is 2.23. The Morgan fingerprint density at radius 1 is 0.741 bits per heavy atom. The molecular formula is C25H22N2. The van der Waals surface area contributed by atoms with E-state index in [1.807, 2.05) is 12.4 Å². The van der Waals surface area contributed by atoms with Gasteiger partial charge < -0.3 is 4.57 Å². The van der Waals surface area contributed by atoms with E-state index in [2.05, 4.69) is 113 Å². The van der Waals surface area contributed by atoms with Crippen molar-refractivity contribution < 1.29 is 0 Å². The summed E-state index contributed by atoms with van der Waals surface area (Å²) in [4.78, 5) is 4.64. The zero-order chi connectivity index (χ0) is 18.5. The fourth-order valence-corrected chi connectivity index (χ4v) is 3.79. The van der Waals surface area contributed by atoms with Crippen LogP contribution in [-0.2, 0) is 12.0 Å². The molecule has 0 radical (unpaired) electrons. The molecule has 0 atom stereocenters. The van der Waals surface area contributed by atoms with Crippen molar-refractivity contribution in [2.24, 2.45) is 0 Å². The monoisotopic (exact) mass is 350 g/mol. The number of rotatable bonds is 6. The van der Waals surface area contributed by atoms with Crippen molar-refractivity contribution in [1.82, 2.24) is 9.55 Å². The maximum Gasteiger partial charge on any atom is 0.121 e. The Balaban J connectivity index is 2.07. The van der Waals surface area contributed by atoms with Gasteiger partial charge in [-0.1, -0.05) is 97.1 Å². The second kappa shape index (κ2) is 7.46. The van der Waals surface area contributed by atoms with E-state index in [4.69, 9.17) is 0 Å². The molecule has 0 aliphatic rings. The Bertz CT molecular complexity index is 905. The van der Waals surface area contributed by atoms with Crippen molar-refractivity contribution >= 4 is 0 Å². The first-order chi connectivity index (χ1) is 13.4. The topological polar surface area (TPSA) is 17.8 Å². The molecule has 0 spiro atoms. The van der Waals surface area contributed by atoms with Crippen LogP contribution >= 0.6 is 0 Å². The van der Waals surface area contributed by atoms with E-state index >= 15 is 0 Å². The lowest BCUT2D eigenvalue weighted by Crippen LogP contribution is -2.36. The third-order valence-corrected chi connectivity index (χ3v) is 4.95.